The highest BCUT2D eigenvalue weighted by Gasteiger charge is 2.34. The number of nitrogens with zero attached hydrogens (tertiary/aromatic N) is 1. The van der Waals surface area contributed by atoms with Crippen LogP contribution in [-0.2, 0) is 9.59 Å². The van der Waals surface area contributed by atoms with Gasteiger partial charge in [0, 0.05) is 5.02 Å². The summed E-state index contributed by atoms with van der Waals surface area (Å²) in [5.74, 6) is -0.320. The van der Waals surface area contributed by atoms with Gasteiger partial charge in [0.1, 0.15) is 11.3 Å². The highest BCUT2D eigenvalue weighted by atomic mass is 35.5. The van der Waals surface area contributed by atoms with E-state index in [9.17, 15) is 9.59 Å². The van der Waals surface area contributed by atoms with E-state index in [0.717, 1.165) is 19.3 Å². The number of rotatable bonds is 7. The number of carbonyl (C=O) groups excluding carboxylic acids is 2. The van der Waals surface area contributed by atoms with Crippen LogP contribution in [0.4, 0.5) is 5.69 Å². The molecule has 7 heteroatoms. The van der Waals surface area contributed by atoms with Crippen molar-refractivity contribution < 1.29 is 14.3 Å². The molecule has 0 atom stereocenters. The molecular weight excluding hydrogens is 408 g/mol. The van der Waals surface area contributed by atoms with E-state index in [4.69, 9.17) is 28.6 Å². The smallest absolute Gasteiger partial charge is 0.270 e. The van der Waals surface area contributed by atoms with Gasteiger partial charge in [-0.25, -0.2) is 0 Å². The van der Waals surface area contributed by atoms with Gasteiger partial charge in [0.15, 0.2) is 5.11 Å². The number of hydrogen-bond acceptors (Lipinski definition) is 4. The number of anilines is 1. The first-order chi connectivity index (χ1) is 14.0. The second kappa shape index (κ2) is 9.67. The van der Waals surface area contributed by atoms with Gasteiger partial charge in [-0.2, -0.15) is 0 Å². The Morgan fingerprint density at radius 1 is 1.14 bits per heavy atom. The van der Waals surface area contributed by atoms with Crippen LogP contribution in [0.3, 0.4) is 0 Å². The van der Waals surface area contributed by atoms with Crippen molar-refractivity contribution in [3.05, 3.63) is 64.7 Å². The molecule has 0 unspecified atom stereocenters. The van der Waals surface area contributed by atoms with Crippen molar-refractivity contribution in [2.75, 3.05) is 11.5 Å². The van der Waals surface area contributed by atoms with Crippen LogP contribution in [0.2, 0.25) is 5.02 Å². The van der Waals surface area contributed by atoms with E-state index in [1.54, 1.807) is 36.4 Å². The van der Waals surface area contributed by atoms with E-state index < -0.39 is 11.8 Å². The van der Waals surface area contributed by atoms with Crippen LogP contribution < -0.4 is 15.0 Å². The molecule has 150 valence electrons. The Morgan fingerprint density at radius 3 is 2.62 bits per heavy atom. The van der Waals surface area contributed by atoms with Crippen molar-refractivity contribution in [1.29, 1.82) is 0 Å². The summed E-state index contributed by atoms with van der Waals surface area (Å²) < 4.78 is 5.75. The molecule has 1 saturated heterocycles. The van der Waals surface area contributed by atoms with Gasteiger partial charge < -0.3 is 4.74 Å². The summed E-state index contributed by atoms with van der Waals surface area (Å²) in [7, 11) is 0. The van der Waals surface area contributed by atoms with Crippen LogP contribution in [0, 0.1) is 0 Å². The minimum Gasteiger partial charge on any atom is -0.494 e. The topological polar surface area (TPSA) is 58.6 Å². The molecule has 29 heavy (non-hydrogen) atoms. The first-order valence-electron chi connectivity index (χ1n) is 9.39. The van der Waals surface area contributed by atoms with Crippen molar-refractivity contribution in [3.8, 4) is 5.75 Å². The third-order valence-corrected chi connectivity index (χ3v) is 4.91. The molecule has 2 aromatic carbocycles. The SMILES string of the molecule is CCCCCOc1cccc(/C=C2/C(=O)NC(=S)N(c3ccc(Cl)cc3)C2=O)c1. The van der Waals surface area contributed by atoms with Gasteiger partial charge in [-0.15, -0.1) is 0 Å². The summed E-state index contributed by atoms with van der Waals surface area (Å²) in [6, 6.07) is 14.0. The number of halogens is 1. The lowest BCUT2D eigenvalue weighted by Crippen LogP contribution is -2.54. The van der Waals surface area contributed by atoms with Gasteiger partial charge in [0.25, 0.3) is 11.8 Å². The van der Waals surface area contributed by atoms with E-state index in [1.807, 2.05) is 18.2 Å². The minimum absolute atomic E-state index is 0.00307. The van der Waals surface area contributed by atoms with Gasteiger partial charge in [-0.3, -0.25) is 19.8 Å². The maximum absolute atomic E-state index is 13.0. The lowest BCUT2D eigenvalue weighted by Gasteiger charge is -2.29. The van der Waals surface area contributed by atoms with Crippen LogP contribution >= 0.6 is 23.8 Å². The Hall–Kier alpha value is -2.70. The molecule has 0 aliphatic carbocycles. The predicted molar refractivity (Wildman–Crippen MR) is 119 cm³/mol. The standard InChI is InChI=1S/C22H21ClN2O3S/c1-2-3-4-12-28-18-7-5-6-15(13-18)14-19-20(26)24-22(29)25(21(19)27)17-10-8-16(23)9-11-17/h5-11,13-14H,2-4,12H2,1H3,(H,24,26,29)/b19-14-. The lowest BCUT2D eigenvalue weighted by atomic mass is 10.1. The number of carbonyl (C=O) groups is 2. The predicted octanol–water partition coefficient (Wildman–Crippen LogP) is 4.74. The average molecular weight is 429 g/mol. The molecule has 5 nitrogen and oxygen atoms in total. The van der Waals surface area contributed by atoms with Crippen LogP contribution in [0.5, 0.6) is 5.75 Å². The maximum atomic E-state index is 13.0. The van der Waals surface area contributed by atoms with Gasteiger partial charge in [0.05, 0.1) is 12.3 Å². The summed E-state index contributed by atoms with van der Waals surface area (Å²) in [4.78, 5) is 26.7. The molecule has 0 bridgehead atoms. The van der Waals surface area contributed by atoms with Crippen molar-refractivity contribution >= 4 is 52.5 Å². The van der Waals surface area contributed by atoms with Crippen molar-refractivity contribution in [2.24, 2.45) is 0 Å². The molecule has 1 aliphatic rings. The monoisotopic (exact) mass is 428 g/mol. The zero-order chi connectivity index (χ0) is 20.8. The van der Waals surface area contributed by atoms with E-state index in [0.29, 0.717) is 28.6 Å². The quantitative estimate of drug-likeness (QED) is 0.299. The molecular formula is C22H21ClN2O3S. The molecule has 0 radical (unpaired) electrons. The van der Waals surface area contributed by atoms with E-state index in [2.05, 4.69) is 12.2 Å². The maximum Gasteiger partial charge on any atom is 0.270 e. The van der Waals surface area contributed by atoms with E-state index >= 15 is 0 Å². The van der Waals surface area contributed by atoms with Crippen molar-refractivity contribution in [1.82, 2.24) is 5.32 Å². The molecule has 1 heterocycles. The lowest BCUT2D eigenvalue weighted by molar-refractivity contribution is -0.122. The largest absolute Gasteiger partial charge is 0.494 e. The van der Waals surface area contributed by atoms with Crippen molar-refractivity contribution in [3.63, 3.8) is 0 Å². The van der Waals surface area contributed by atoms with Crippen LogP contribution in [0.15, 0.2) is 54.1 Å². The number of benzene rings is 2. The Balaban J connectivity index is 1.84. The molecule has 3 rings (SSSR count). The molecule has 1 N–H and O–H groups in total. The van der Waals surface area contributed by atoms with E-state index in [-0.39, 0.29) is 10.7 Å². The summed E-state index contributed by atoms with van der Waals surface area (Å²) in [5.41, 5.74) is 1.22. The normalized spacial score (nSPS) is 15.6. The third kappa shape index (κ3) is 5.22. The molecule has 0 aromatic heterocycles. The van der Waals surface area contributed by atoms with Crippen LogP contribution in [0.25, 0.3) is 6.08 Å². The molecule has 2 aromatic rings. The summed E-state index contributed by atoms with van der Waals surface area (Å²) in [6.45, 7) is 2.77. The zero-order valence-electron chi connectivity index (χ0n) is 16.0. The first-order valence-corrected chi connectivity index (χ1v) is 10.2. The highest BCUT2D eigenvalue weighted by Crippen LogP contribution is 2.24. The fourth-order valence-corrected chi connectivity index (χ4v) is 3.29. The number of unbranched alkanes of at least 4 members (excludes halogenated alkanes) is 2. The Kier molecular flexibility index (Phi) is 7.01. The highest BCUT2D eigenvalue weighted by molar-refractivity contribution is 7.80. The van der Waals surface area contributed by atoms with Gasteiger partial charge in [-0.1, -0.05) is 43.5 Å². The Bertz CT molecular complexity index is 957. The molecule has 1 fully saturated rings. The fraction of sp³-hybridized carbons (Fsp3) is 0.227. The molecule has 0 saturated carbocycles. The van der Waals surface area contributed by atoms with Crippen molar-refractivity contribution in [2.45, 2.75) is 26.2 Å². The minimum atomic E-state index is -0.528. The van der Waals surface area contributed by atoms with Gasteiger partial charge in [-0.05, 0) is 66.7 Å². The first kappa shape index (κ1) is 21.0. The summed E-state index contributed by atoms with van der Waals surface area (Å²) >= 11 is 11.1. The van der Waals surface area contributed by atoms with E-state index in [1.165, 1.54) is 4.90 Å². The molecule has 2 amide bonds. The average Bonchev–Trinajstić information content (AvgIpc) is 2.70. The second-order valence-electron chi connectivity index (χ2n) is 6.56. The summed E-state index contributed by atoms with van der Waals surface area (Å²) in [5, 5.41) is 3.15. The second-order valence-corrected chi connectivity index (χ2v) is 7.39. The third-order valence-electron chi connectivity index (χ3n) is 4.37. The Labute approximate surface area is 180 Å². The number of nitrogens with one attached hydrogen (secondary N) is 1. The Morgan fingerprint density at radius 2 is 1.90 bits per heavy atom. The van der Waals surface area contributed by atoms with Gasteiger partial charge in [0.2, 0.25) is 0 Å². The number of ether oxygens (including phenoxy) is 1. The summed E-state index contributed by atoms with van der Waals surface area (Å²) in [6.07, 6.45) is 4.76. The van der Waals surface area contributed by atoms with Crippen LogP contribution in [0.1, 0.15) is 31.7 Å². The van der Waals surface area contributed by atoms with Gasteiger partial charge >= 0.3 is 0 Å². The zero-order valence-corrected chi connectivity index (χ0v) is 17.6. The fourth-order valence-electron chi connectivity index (χ4n) is 2.88. The molecule has 1 aliphatic heterocycles. The molecule has 0 spiro atoms. The van der Waals surface area contributed by atoms with Crippen LogP contribution in [-0.4, -0.2) is 23.5 Å². The number of hydrogen-bond donors (Lipinski definition) is 1. The number of thiocarbonyl (C=S) groups is 1. The number of amides is 2.